The van der Waals surface area contributed by atoms with Crippen molar-refractivity contribution in [2.45, 2.75) is 38.8 Å². The molecule has 1 heterocycles. The van der Waals surface area contributed by atoms with E-state index in [9.17, 15) is 9.90 Å². The van der Waals surface area contributed by atoms with Gasteiger partial charge in [-0.05, 0) is 43.5 Å². The Hall–Kier alpha value is -1.55. The van der Waals surface area contributed by atoms with Gasteiger partial charge in [0.1, 0.15) is 5.75 Å². The van der Waals surface area contributed by atoms with Gasteiger partial charge in [0.05, 0.1) is 0 Å². The van der Waals surface area contributed by atoms with Crippen LogP contribution < -0.4 is 5.73 Å². The summed E-state index contributed by atoms with van der Waals surface area (Å²) in [5.41, 5.74) is 7.64. The number of rotatable bonds is 2. The predicted octanol–water partition coefficient (Wildman–Crippen LogP) is 1.40. The molecule has 4 nitrogen and oxygen atoms in total. The first-order chi connectivity index (χ1) is 8.35. The number of aromatic hydroxyl groups is 1. The summed E-state index contributed by atoms with van der Waals surface area (Å²) in [5.74, 6) is 0.332. The van der Waals surface area contributed by atoms with Crippen LogP contribution in [0.5, 0.6) is 5.75 Å². The molecule has 2 rings (SSSR count). The van der Waals surface area contributed by atoms with Gasteiger partial charge in [0.15, 0.2) is 0 Å². The molecule has 1 aromatic carbocycles. The fraction of sp³-hybridized carbons (Fsp3) is 0.500. The number of hydrogen-bond donors (Lipinski definition) is 2. The number of carbonyl (C=O) groups is 1. The summed E-state index contributed by atoms with van der Waals surface area (Å²) in [6.45, 7) is 5.01. The van der Waals surface area contributed by atoms with Crippen molar-refractivity contribution in [3.8, 4) is 5.75 Å². The van der Waals surface area contributed by atoms with Crippen LogP contribution in [0.25, 0.3) is 0 Å². The lowest BCUT2D eigenvalue weighted by Gasteiger charge is -2.31. The van der Waals surface area contributed by atoms with Gasteiger partial charge in [-0.2, -0.15) is 0 Å². The molecule has 0 aliphatic carbocycles. The fourth-order valence-electron chi connectivity index (χ4n) is 2.26. The van der Waals surface area contributed by atoms with Gasteiger partial charge >= 0.3 is 0 Å². The molecule has 0 spiro atoms. The Morgan fingerprint density at radius 2 is 2.17 bits per heavy atom. The van der Waals surface area contributed by atoms with Crippen LogP contribution in [-0.4, -0.2) is 28.0 Å². The molecule has 0 radical (unpaired) electrons. The number of nitrogens with zero attached hydrogens (tertiary/aromatic N) is 1. The first-order valence-corrected chi connectivity index (χ1v) is 6.22. The van der Waals surface area contributed by atoms with Gasteiger partial charge in [-0.3, -0.25) is 4.79 Å². The summed E-state index contributed by atoms with van der Waals surface area (Å²) in [4.78, 5) is 13.9. The quantitative estimate of drug-likeness (QED) is 0.831. The van der Waals surface area contributed by atoms with Crippen molar-refractivity contribution in [1.29, 1.82) is 0 Å². The minimum absolute atomic E-state index is 0.0801. The van der Waals surface area contributed by atoms with E-state index in [1.165, 1.54) is 5.56 Å². The first-order valence-electron chi connectivity index (χ1n) is 6.22. The molecule has 1 aromatic rings. The van der Waals surface area contributed by atoms with E-state index in [1.54, 1.807) is 12.1 Å². The Balaban J connectivity index is 2.09. The van der Waals surface area contributed by atoms with E-state index < -0.39 is 5.54 Å². The number of amides is 1. The molecule has 0 fully saturated rings. The molecule has 0 aromatic heterocycles. The lowest BCUT2D eigenvalue weighted by molar-refractivity contribution is -0.133. The number of fused-ring (bicyclic) bond motifs is 1. The molecule has 4 heteroatoms. The van der Waals surface area contributed by atoms with E-state index >= 15 is 0 Å². The van der Waals surface area contributed by atoms with Gasteiger partial charge in [-0.1, -0.05) is 6.07 Å². The summed E-state index contributed by atoms with van der Waals surface area (Å²) in [5, 5.41) is 9.48. The fourth-order valence-corrected chi connectivity index (χ4v) is 2.26. The molecule has 0 atom stereocenters. The monoisotopic (exact) mass is 248 g/mol. The van der Waals surface area contributed by atoms with Crippen LogP contribution in [0, 0.1) is 0 Å². The average Bonchev–Trinajstić information content (AvgIpc) is 2.25. The second kappa shape index (κ2) is 4.61. The Morgan fingerprint density at radius 1 is 1.44 bits per heavy atom. The molecule has 18 heavy (non-hydrogen) atoms. The summed E-state index contributed by atoms with van der Waals surface area (Å²) >= 11 is 0. The van der Waals surface area contributed by atoms with E-state index in [2.05, 4.69) is 0 Å². The number of benzene rings is 1. The molecule has 1 amide bonds. The molecular weight excluding hydrogens is 228 g/mol. The van der Waals surface area contributed by atoms with Crippen LogP contribution >= 0.6 is 0 Å². The topological polar surface area (TPSA) is 66.6 Å². The summed E-state index contributed by atoms with van der Waals surface area (Å²) < 4.78 is 0. The van der Waals surface area contributed by atoms with Gasteiger partial charge in [0.2, 0.25) is 5.91 Å². The summed E-state index contributed by atoms with van der Waals surface area (Å²) in [7, 11) is 0. The maximum absolute atomic E-state index is 12.1. The lowest BCUT2D eigenvalue weighted by Crippen LogP contribution is -2.43. The molecule has 0 unspecified atom stereocenters. The van der Waals surface area contributed by atoms with Crippen LogP contribution in [0.1, 0.15) is 31.4 Å². The lowest BCUT2D eigenvalue weighted by atomic mass is 9.97. The zero-order valence-electron chi connectivity index (χ0n) is 10.9. The number of carbonyl (C=O) groups excluding carboxylic acids is 1. The van der Waals surface area contributed by atoms with Crippen molar-refractivity contribution in [2.75, 3.05) is 6.54 Å². The zero-order chi connectivity index (χ0) is 13.3. The zero-order valence-corrected chi connectivity index (χ0v) is 10.9. The molecule has 0 bridgehead atoms. The van der Waals surface area contributed by atoms with E-state index in [1.807, 2.05) is 24.8 Å². The molecule has 98 valence electrons. The summed E-state index contributed by atoms with van der Waals surface area (Å²) in [6.07, 6.45) is 1.19. The van der Waals surface area contributed by atoms with Crippen molar-refractivity contribution in [1.82, 2.24) is 4.90 Å². The second-order valence-electron chi connectivity index (χ2n) is 5.68. The smallest absolute Gasteiger partial charge is 0.224 e. The molecule has 1 aliphatic heterocycles. The highest BCUT2D eigenvalue weighted by molar-refractivity contribution is 5.77. The molecule has 0 saturated heterocycles. The van der Waals surface area contributed by atoms with Crippen molar-refractivity contribution in [3.63, 3.8) is 0 Å². The first kappa shape index (κ1) is 12.9. The Morgan fingerprint density at radius 3 is 2.83 bits per heavy atom. The van der Waals surface area contributed by atoms with E-state index in [0.717, 1.165) is 18.5 Å². The second-order valence-corrected chi connectivity index (χ2v) is 5.68. The van der Waals surface area contributed by atoms with Crippen LogP contribution in [0.15, 0.2) is 18.2 Å². The van der Waals surface area contributed by atoms with Crippen LogP contribution in [-0.2, 0) is 17.8 Å². The number of hydrogen-bond acceptors (Lipinski definition) is 3. The Kier molecular flexibility index (Phi) is 3.30. The SMILES string of the molecule is CC(C)(N)CC(=O)N1CCc2ccc(O)cc2C1. The minimum Gasteiger partial charge on any atom is -0.508 e. The minimum atomic E-state index is -0.476. The van der Waals surface area contributed by atoms with E-state index in [4.69, 9.17) is 5.73 Å². The number of nitrogens with two attached hydrogens (primary N) is 1. The van der Waals surface area contributed by atoms with Crippen LogP contribution in [0.2, 0.25) is 0 Å². The van der Waals surface area contributed by atoms with Crippen molar-refractivity contribution >= 4 is 5.91 Å². The van der Waals surface area contributed by atoms with Gasteiger partial charge in [-0.25, -0.2) is 0 Å². The number of phenols is 1. The van der Waals surface area contributed by atoms with Gasteiger partial charge < -0.3 is 15.7 Å². The Labute approximate surface area is 107 Å². The number of phenolic OH excluding ortho intramolecular Hbond substituents is 1. The molecule has 0 saturated carbocycles. The third kappa shape index (κ3) is 3.01. The molecule has 3 N–H and O–H groups in total. The highest BCUT2D eigenvalue weighted by atomic mass is 16.3. The maximum Gasteiger partial charge on any atom is 0.224 e. The van der Waals surface area contributed by atoms with Crippen LogP contribution in [0.3, 0.4) is 0 Å². The van der Waals surface area contributed by atoms with Gasteiger partial charge in [0.25, 0.3) is 0 Å². The maximum atomic E-state index is 12.1. The van der Waals surface area contributed by atoms with Crippen molar-refractivity contribution in [2.24, 2.45) is 5.73 Å². The van der Waals surface area contributed by atoms with Crippen molar-refractivity contribution in [3.05, 3.63) is 29.3 Å². The highest BCUT2D eigenvalue weighted by Crippen LogP contribution is 2.24. The molecular formula is C14H20N2O2. The molecule has 1 aliphatic rings. The average molecular weight is 248 g/mol. The third-order valence-electron chi connectivity index (χ3n) is 3.16. The Bertz CT molecular complexity index is 463. The summed E-state index contributed by atoms with van der Waals surface area (Å²) in [6, 6.07) is 5.36. The normalized spacial score (nSPS) is 15.4. The highest BCUT2D eigenvalue weighted by Gasteiger charge is 2.24. The van der Waals surface area contributed by atoms with Gasteiger partial charge in [-0.15, -0.1) is 0 Å². The van der Waals surface area contributed by atoms with Gasteiger partial charge in [0, 0.05) is 25.0 Å². The third-order valence-corrected chi connectivity index (χ3v) is 3.16. The van der Waals surface area contributed by atoms with E-state index in [-0.39, 0.29) is 11.7 Å². The van der Waals surface area contributed by atoms with Crippen molar-refractivity contribution < 1.29 is 9.90 Å². The van der Waals surface area contributed by atoms with E-state index in [0.29, 0.717) is 13.0 Å². The van der Waals surface area contributed by atoms with Crippen LogP contribution in [0.4, 0.5) is 0 Å². The standard InChI is InChI=1S/C14H20N2O2/c1-14(2,15)8-13(18)16-6-5-10-3-4-12(17)7-11(10)9-16/h3-4,7,17H,5-6,8-9,15H2,1-2H3. The largest absolute Gasteiger partial charge is 0.508 e. The predicted molar refractivity (Wildman–Crippen MR) is 70.1 cm³/mol.